The van der Waals surface area contributed by atoms with Crippen LogP contribution in [0.4, 0.5) is 5.69 Å². The summed E-state index contributed by atoms with van der Waals surface area (Å²) in [7, 11) is 0. The van der Waals surface area contributed by atoms with E-state index >= 15 is 0 Å². The molecule has 0 radical (unpaired) electrons. The summed E-state index contributed by atoms with van der Waals surface area (Å²) < 4.78 is 4.57. The smallest absolute Gasteiger partial charge is 0.291 e. The number of nitrogens with zero attached hydrogens (tertiary/aromatic N) is 2. The van der Waals surface area contributed by atoms with Crippen molar-refractivity contribution < 1.29 is 4.79 Å². The first-order valence-electron chi connectivity index (χ1n) is 5.05. The first-order valence-corrected chi connectivity index (χ1v) is 7.09. The van der Waals surface area contributed by atoms with Crippen molar-refractivity contribution in [2.45, 2.75) is 0 Å². The van der Waals surface area contributed by atoms with E-state index in [0.717, 1.165) is 21.7 Å². The van der Waals surface area contributed by atoms with E-state index in [1.54, 1.807) is 5.38 Å². The summed E-state index contributed by atoms with van der Waals surface area (Å²) in [6, 6.07) is 7.46. The molecular formula is C10H8BrN5OS2. The van der Waals surface area contributed by atoms with Crippen LogP contribution in [0.25, 0.3) is 0 Å². The van der Waals surface area contributed by atoms with Crippen molar-refractivity contribution in [3.8, 4) is 0 Å². The zero-order valence-electron chi connectivity index (χ0n) is 9.38. The number of halogens is 1. The summed E-state index contributed by atoms with van der Waals surface area (Å²) in [5.74, 6) is -0.395. The highest BCUT2D eigenvalue weighted by atomic mass is 79.9. The van der Waals surface area contributed by atoms with Crippen LogP contribution in [0.5, 0.6) is 0 Å². The number of carbonyl (C=O) groups is 1. The zero-order chi connectivity index (χ0) is 13.7. The molecule has 0 atom stereocenters. The average Bonchev–Trinajstić information content (AvgIpc) is 2.93. The summed E-state index contributed by atoms with van der Waals surface area (Å²) in [5.41, 5.74) is 6.05. The highest BCUT2D eigenvalue weighted by Gasteiger charge is 2.08. The highest BCUT2D eigenvalue weighted by Crippen LogP contribution is 2.13. The maximum atomic E-state index is 11.5. The Morgan fingerprint density at radius 1 is 1.26 bits per heavy atom. The molecule has 2 aromatic rings. The molecule has 98 valence electrons. The molecule has 0 fully saturated rings. The first-order chi connectivity index (χ1) is 9.15. The van der Waals surface area contributed by atoms with Gasteiger partial charge in [-0.05, 0) is 48.0 Å². The van der Waals surface area contributed by atoms with Gasteiger partial charge in [0, 0.05) is 15.5 Å². The molecule has 1 amide bonds. The third-order valence-corrected chi connectivity index (χ3v) is 3.22. The number of rotatable bonds is 2. The van der Waals surface area contributed by atoms with Crippen molar-refractivity contribution in [1.29, 1.82) is 0 Å². The zero-order valence-corrected chi connectivity index (χ0v) is 12.6. The van der Waals surface area contributed by atoms with E-state index < -0.39 is 5.91 Å². The fourth-order valence-corrected chi connectivity index (χ4v) is 2.01. The fourth-order valence-electron chi connectivity index (χ4n) is 1.14. The van der Waals surface area contributed by atoms with E-state index in [4.69, 9.17) is 12.2 Å². The normalized spacial score (nSPS) is 9.74. The fraction of sp³-hybridized carbons (Fsp3) is 0. The largest absolute Gasteiger partial charge is 0.331 e. The maximum absolute atomic E-state index is 11.5. The van der Waals surface area contributed by atoms with Crippen LogP contribution in [-0.2, 0) is 0 Å². The molecule has 0 saturated carbocycles. The van der Waals surface area contributed by atoms with Gasteiger partial charge in [-0.15, -0.1) is 5.10 Å². The van der Waals surface area contributed by atoms with Crippen molar-refractivity contribution in [2.75, 3.05) is 5.32 Å². The van der Waals surface area contributed by atoms with Crippen LogP contribution in [0.2, 0.25) is 0 Å². The van der Waals surface area contributed by atoms with E-state index in [0.29, 0.717) is 0 Å². The Bertz CT molecular complexity index is 572. The topological polar surface area (TPSA) is 78.9 Å². The number of benzene rings is 1. The van der Waals surface area contributed by atoms with Crippen molar-refractivity contribution in [2.24, 2.45) is 0 Å². The van der Waals surface area contributed by atoms with Gasteiger partial charge in [-0.25, -0.2) is 0 Å². The van der Waals surface area contributed by atoms with Gasteiger partial charge in [0.15, 0.2) is 10.8 Å². The molecule has 0 unspecified atom stereocenters. The van der Waals surface area contributed by atoms with Gasteiger partial charge < -0.3 is 5.32 Å². The maximum Gasteiger partial charge on any atom is 0.291 e. The van der Waals surface area contributed by atoms with Gasteiger partial charge in [-0.2, -0.15) is 0 Å². The minimum Gasteiger partial charge on any atom is -0.331 e. The summed E-state index contributed by atoms with van der Waals surface area (Å²) in [5, 5.41) is 8.38. The molecule has 0 aliphatic carbocycles. The first kappa shape index (κ1) is 13.8. The van der Waals surface area contributed by atoms with Gasteiger partial charge in [0.05, 0.1) is 0 Å². The van der Waals surface area contributed by atoms with Gasteiger partial charge in [0.1, 0.15) is 0 Å². The number of aromatic nitrogens is 2. The summed E-state index contributed by atoms with van der Waals surface area (Å²) >= 11 is 9.48. The lowest BCUT2D eigenvalue weighted by atomic mass is 10.3. The Kier molecular flexibility index (Phi) is 4.77. The summed E-state index contributed by atoms with van der Waals surface area (Å²) in [4.78, 5) is 11.5. The molecule has 0 spiro atoms. The lowest BCUT2D eigenvalue weighted by molar-refractivity contribution is 0.0939. The lowest BCUT2D eigenvalue weighted by Crippen LogP contribution is -2.43. The molecule has 1 heterocycles. The number of hydrogen-bond donors (Lipinski definition) is 3. The number of anilines is 1. The number of hydrogen-bond acceptors (Lipinski definition) is 5. The molecule has 0 aliphatic heterocycles. The molecule has 0 bridgehead atoms. The minimum atomic E-state index is -0.395. The van der Waals surface area contributed by atoms with Crippen LogP contribution in [0.15, 0.2) is 34.1 Å². The minimum absolute atomic E-state index is 0.240. The summed E-state index contributed by atoms with van der Waals surface area (Å²) in [6.45, 7) is 0. The van der Waals surface area contributed by atoms with E-state index in [1.165, 1.54) is 0 Å². The number of nitrogens with one attached hydrogen (secondary N) is 3. The SMILES string of the molecule is O=C(NNC(=S)Nc1ccc(Br)cc1)c1csnn1. The second-order valence-corrected chi connectivity index (χ2v) is 5.26. The molecule has 6 nitrogen and oxygen atoms in total. The standard InChI is InChI=1S/C10H8BrN5OS2/c11-6-1-3-7(4-2-6)12-10(18)15-14-9(17)8-5-19-16-13-8/h1-5H,(H,14,17)(H2,12,15,18). The number of hydrazine groups is 1. The van der Waals surface area contributed by atoms with Gasteiger partial charge >= 0.3 is 0 Å². The van der Waals surface area contributed by atoms with Crippen LogP contribution in [0.1, 0.15) is 10.5 Å². The Morgan fingerprint density at radius 2 is 2.00 bits per heavy atom. The third-order valence-electron chi connectivity index (χ3n) is 1.98. The molecule has 19 heavy (non-hydrogen) atoms. The Balaban J connectivity index is 1.82. The molecule has 1 aromatic carbocycles. The predicted molar refractivity (Wildman–Crippen MR) is 80.9 cm³/mol. The van der Waals surface area contributed by atoms with Gasteiger partial charge in [-0.1, -0.05) is 20.4 Å². The average molecular weight is 358 g/mol. The Labute approximate surface area is 126 Å². The predicted octanol–water partition coefficient (Wildman–Crippen LogP) is 1.93. The molecule has 2 rings (SSSR count). The second-order valence-electron chi connectivity index (χ2n) is 3.33. The molecule has 0 aliphatic rings. The van der Waals surface area contributed by atoms with E-state index in [-0.39, 0.29) is 10.8 Å². The van der Waals surface area contributed by atoms with Crippen molar-refractivity contribution in [1.82, 2.24) is 20.4 Å². The van der Waals surface area contributed by atoms with Crippen LogP contribution in [-0.4, -0.2) is 20.6 Å². The number of thiocarbonyl (C=S) groups is 1. The Morgan fingerprint density at radius 3 is 2.63 bits per heavy atom. The van der Waals surface area contributed by atoms with Crippen molar-refractivity contribution >= 4 is 56.4 Å². The lowest BCUT2D eigenvalue weighted by Gasteiger charge is -2.10. The van der Waals surface area contributed by atoms with E-state index in [9.17, 15) is 4.79 Å². The Hall–Kier alpha value is -1.58. The quantitative estimate of drug-likeness (QED) is 0.563. The molecular weight excluding hydrogens is 350 g/mol. The van der Waals surface area contributed by atoms with Crippen LogP contribution >= 0.6 is 39.7 Å². The van der Waals surface area contributed by atoms with E-state index in [1.807, 2.05) is 24.3 Å². The highest BCUT2D eigenvalue weighted by molar-refractivity contribution is 9.10. The van der Waals surface area contributed by atoms with Crippen LogP contribution < -0.4 is 16.2 Å². The second kappa shape index (κ2) is 6.55. The van der Waals surface area contributed by atoms with Crippen molar-refractivity contribution in [3.63, 3.8) is 0 Å². The summed E-state index contributed by atoms with van der Waals surface area (Å²) in [6.07, 6.45) is 0. The third kappa shape index (κ3) is 4.23. The van der Waals surface area contributed by atoms with Gasteiger partial charge in [0.25, 0.3) is 5.91 Å². The van der Waals surface area contributed by atoms with Crippen LogP contribution in [0.3, 0.4) is 0 Å². The molecule has 1 aromatic heterocycles. The molecule has 0 saturated heterocycles. The number of carbonyl (C=O) groups excluding carboxylic acids is 1. The van der Waals surface area contributed by atoms with Crippen LogP contribution in [0, 0.1) is 0 Å². The van der Waals surface area contributed by atoms with Gasteiger partial charge in [-0.3, -0.25) is 15.6 Å². The van der Waals surface area contributed by atoms with Crippen molar-refractivity contribution in [3.05, 3.63) is 39.8 Å². The number of amides is 1. The van der Waals surface area contributed by atoms with E-state index in [2.05, 4.69) is 41.7 Å². The van der Waals surface area contributed by atoms with Gasteiger partial charge in [0.2, 0.25) is 0 Å². The molecule has 3 N–H and O–H groups in total. The molecule has 9 heteroatoms. The monoisotopic (exact) mass is 357 g/mol.